The molecule has 1 fully saturated rings. The molecule has 0 bridgehead atoms. The van der Waals surface area contributed by atoms with Gasteiger partial charge in [-0.25, -0.2) is 12.7 Å². The van der Waals surface area contributed by atoms with Crippen LogP contribution in [0.5, 0.6) is 0 Å². The molecule has 3 amide bonds. The lowest BCUT2D eigenvalue weighted by Gasteiger charge is -2.31. The second-order valence-corrected chi connectivity index (χ2v) is 10.4. The number of carbonyl (C=O) groups excluding carboxylic acids is 3. The van der Waals surface area contributed by atoms with E-state index in [0.29, 0.717) is 24.3 Å². The quantitative estimate of drug-likeness (QED) is 0.648. The Balaban J connectivity index is 1.59. The zero-order valence-electron chi connectivity index (χ0n) is 17.2. The first-order valence-corrected chi connectivity index (χ1v) is 12.0. The van der Waals surface area contributed by atoms with Crippen LogP contribution < -0.4 is 10.9 Å². The first-order chi connectivity index (χ1) is 14.7. The van der Waals surface area contributed by atoms with Gasteiger partial charge in [0, 0.05) is 32.7 Å². The van der Waals surface area contributed by atoms with Crippen LogP contribution in [0, 0.1) is 5.92 Å². The average Bonchev–Trinajstić information content (AvgIpc) is 3.31. The molecule has 1 aromatic carbocycles. The topological polar surface area (TPSA) is 116 Å². The summed E-state index contributed by atoms with van der Waals surface area (Å²) in [5.41, 5.74) is 4.82. The molecule has 0 spiro atoms. The minimum absolute atomic E-state index is 0.0218. The summed E-state index contributed by atoms with van der Waals surface area (Å²) < 4.78 is 25.5. The number of hydrogen-bond acceptors (Lipinski definition) is 6. The van der Waals surface area contributed by atoms with Gasteiger partial charge in [0.05, 0.1) is 15.7 Å². The van der Waals surface area contributed by atoms with Gasteiger partial charge >= 0.3 is 0 Å². The Morgan fingerprint density at radius 2 is 1.90 bits per heavy atom. The summed E-state index contributed by atoms with van der Waals surface area (Å²) in [7, 11) is -0.881. The lowest BCUT2D eigenvalue weighted by Crippen LogP contribution is -2.50. The van der Waals surface area contributed by atoms with Crippen molar-refractivity contribution in [1.82, 2.24) is 20.1 Å². The fraction of sp³-hybridized carbons (Fsp3) is 0.350. The molecular formula is C20H24N4O5S2. The van der Waals surface area contributed by atoms with Gasteiger partial charge in [-0.05, 0) is 42.5 Å². The van der Waals surface area contributed by atoms with Crippen molar-refractivity contribution in [2.75, 3.05) is 27.2 Å². The largest absolute Gasteiger partial charge is 0.337 e. The zero-order chi connectivity index (χ0) is 22.6. The van der Waals surface area contributed by atoms with Crippen molar-refractivity contribution >= 4 is 39.1 Å². The number of sulfonamides is 1. The van der Waals surface area contributed by atoms with Crippen LogP contribution in [0.25, 0.3) is 0 Å². The average molecular weight is 465 g/mol. The maximum Gasteiger partial charge on any atom is 0.269 e. The number of likely N-dealkylation sites (tertiary alicyclic amines) is 1. The van der Waals surface area contributed by atoms with E-state index in [2.05, 4.69) is 10.9 Å². The van der Waals surface area contributed by atoms with Crippen LogP contribution >= 0.6 is 11.3 Å². The standard InChI is InChI=1S/C20H24N4O5S2/c1-23(2)31(28,29)16-8-3-6-14(12-16)18(25)21-22-19(26)15-7-4-10-24(13-15)20(27)17-9-5-11-30-17/h3,5-6,8-9,11-12,15H,4,7,10,13H2,1-2H3,(H,21,25)(H,22,26)/t15-/m0/s1. The predicted molar refractivity (Wildman–Crippen MR) is 116 cm³/mol. The number of hydrogen-bond donors (Lipinski definition) is 2. The van der Waals surface area contributed by atoms with Gasteiger partial charge in [-0.15, -0.1) is 11.3 Å². The number of nitrogens with zero attached hydrogens (tertiary/aromatic N) is 2. The molecule has 2 aromatic rings. The number of hydrazine groups is 1. The smallest absolute Gasteiger partial charge is 0.269 e. The minimum atomic E-state index is -3.68. The number of piperidine rings is 1. The first-order valence-electron chi connectivity index (χ1n) is 9.65. The van der Waals surface area contributed by atoms with Crippen molar-refractivity contribution in [2.45, 2.75) is 17.7 Å². The highest BCUT2D eigenvalue weighted by Crippen LogP contribution is 2.20. The van der Waals surface area contributed by atoms with Gasteiger partial charge in [0.15, 0.2) is 0 Å². The molecule has 2 heterocycles. The third-order valence-corrected chi connectivity index (χ3v) is 7.65. The van der Waals surface area contributed by atoms with E-state index < -0.39 is 27.8 Å². The highest BCUT2D eigenvalue weighted by atomic mass is 32.2. The Morgan fingerprint density at radius 3 is 2.58 bits per heavy atom. The molecule has 0 unspecified atom stereocenters. The number of thiophene rings is 1. The maximum atomic E-state index is 12.5. The van der Waals surface area contributed by atoms with Crippen molar-refractivity contribution in [3.05, 3.63) is 52.2 Å². The predicted octanol–water partition coefficient (Wildman–Crippen LogP) is 1.31. The van der Waals surface area contributed by atoms with Crippen molar-refractivity contribution in [3.8, 4) is 0 Å². The summed E-state index contributed by atoms with van der Waals surface area (Å²) in [6.45, 7) is 0.856. The van der Waals surface area contributed by atoms with Crippen molar-refractivity contribution in [3.63, 3.8) is 0 Å². The highest BCUT2D eigenvalue weighted by Gasteiger charge is 2.29. The van der Waals surface area contributed by atoms with Crippen molar-refractivity contribution in [2.24, 2.45) is 5.92 Å². The fourth-order valence-electron chi connectivity index (χ4n) is 3.23. The number of rotatable bonds is 5. The molecule has 1 aliphatic rings. The Hall–Kier alpha value is -2.76. The maximum absolute atomic E-state index is 12.5. The Bertz CT molecular complexity index is 1070. The van der Waals surface area contributed by atoms with Gasteiger partial charge in [0.25, 0.3) is 11.8 Å². The molecule has 11 heteroatoms. The second kappa shape index (κ2) is 9.58. The number of benzene rings is 1. The normalized spacial score (nSPS) is 16.7. The molecule has 1 saturated heterocycles. The molecule has 0 radical (unpaired) electrons. The summed E-state index contributed by atoms with van der Waals surface area (Å²) in [4.78, 5) is 39.7. The molecule has 166 valence electrons. The minimum Gasteiger partial charge on any atom is -0.337 e. The molecule has 9 nitrogen and oxygen atoms in total. The fourth-order valence-corrected chi connectivity index (χ4v) is 4.87. The molecule has 3 rings (SSSR count). The Labute approximate surface area is 185 Å². The summed E-state index contributed by atoms with van der Waals surface area (Å²) in [5, 5.41) is 1.83. The van der Waals surface area contributed by atoms with Crippen LogP contribution in [-0.4, -0.2) is 62.5 Å². The van der Waals surface area contributed by atoms with Crippen molar-refractivity contribution in [1.29, 1.82) is 0 Å². The highest BCUT2D eigenvalue weighted by molar-refractivity contribution is 7.89. The summed E-state index contributed by atoms with van der Waals surface area (Å²) in [6.07, 6.45) is 1.29. The molecule has 1 atom stereocenters. The monoisotopic (exact) mass is 464 g/mol. The van der Waals surface area contributed by atoms with Crippen LogP contribution in [0.4, 0.5) is 0 Å². The third-order valence-electron chi connectivity index (χ3n) is 4.99. The van der Waals surface area contributed by atoms with Crippen molar-refractivity contribution < 1.29 is 22.8 Å². The molecule has 0 aliphatic carbocycles. The molecule has 1 aliphatic heterocycles. The molecule has 31 heavy (non-hydrogen) atoms. The van der Waals surface area contributed by atoms with Gasteiger partial charge in [-0.2, -0.15) is 0 Å². The van der Waals surface area contributed by atoms with Gasteiger partial charge in [0.2, 0.25) is 15.9 Å². The SMILES string of the molecule is CN(C)S(=O)(=O)c1cccc(C(=O)NNC(=O)[C@H]2CCCN(C(=O)c3cccs3)C2)c1. The summed E-state index contributed by atoms with van der Waals surface area (Å²) in [6, 6.07) is 9.12. The van der Waals surface area contributed by atoms with E-state index in [1.807, 2.05) is 5.38 Å². The molecular weight excluding hydrogens is 440 g/mol. The van der Waals surface area contributed by atoms with E-state index in [-0.39, 0.29) is 22.9 Å². The van der Waals surface area contributed by atoms with Crippen LogP contribution in [0.1, 0.15) is 32.9 Å². The van der Waals surface area contributed by atoms with Crippen LogP contribution in [0.15, 0.2) is 46.7 Å². The second-order valence-electron chi connectivity index (χ2n) is 7.33. The summed E-state index contributed by atoms with van der Waals surface area (Å²) in [5.74, 6) is -1.57. The number of amides is 3. The van der Waals surface area contributed by atoms with Gasteiger partial charge in [-0.1, -0.05) is 12.1 Å². The van der Waals surface area contributed by atoms with Gasteiger partial charge < -0.3 is 4.90 Å². The first kappa shape index (κ1) is 22.9. The van der Waals surface area contributed by atoms with E-state index in [4.69, 9.17) is 0 Å². The van der Waals surface area contributed by atoms with Crippen LogP contribution in [0.3, 0.4) is 0 Å². The Kier molecular flexibility index (Phi) is 7.08. The van der Waals surface area contributed by atoms with E-state index in [1.165, 1.54) is 49.7 Å². The summed E-state index contributed by atoms with van der Waals surface area (Å²) >= 11 is 1.36. The molecule has 2 N–H and O–H groups in total. The number of carbonyl (C=O) groups is 3. The van der Waals surface area contributed by atoms with Crippen LogP contribution in [-0.2, 0) is 14.8 Å². The molecule has 1 aromatic heterocycles. The van der Waals surface area contributed by atoms with E-state index in [0.717, 1.165) is 4.31 Å². The van der Waals surface area contributed by atoms with E-state index in [1.54, 1.807) is 17.0 Å². The lowest BCUT2D eigenvalue weighted by atomic mass is 9.97. The van der Waals surface area contributed by atoms with Crippen LogP contribution in [0.2, 0.25) is 0 Å². The number of nitrogens with one attached hydrogen (secondary N) is 2. The lowest BCUT2D eigenvalue weighted by molar-refractivity contribution is -0.127. The zero-order valence-corrected chi connectivity index (χ0v) is 18.8. The Morgan fingerprint density at radius 1 is 1.13 bits per heavy atom. The molecule has 0 saturated carbocycles. The van der Waals surface area contributed by atoms with E-state index >= 15 is 0 Å². The van der Waals surface area contributed by atoms with Gasteiger partial charge in [0.1, 0.15) is 0 Å². The van der Waals surface area contributed by atoms with Gasteiger partial charge in [-0.3, -0.25) is 25.2 Å². The third kappa shape index (κ3) is 5.30. The van der Waals surface area contributed by atoms with E-state index in [9.17, 15) is 22.8 Å².